The number of carbonyl (C=O) groups excluding carboxylic acids is 2. The Kier molecular flexibility index (Phi) is 4.07. The van der Waals surface area contributed by atoms with Crippen LogP contribution in [0, 0.1) is 5.92 Å². The van der Waals surface area contributed by atoms with Crippen molar-refractivity contribution < 1.29 is 22.8 Å². The molecule has 0 aromatic heterocycles. The summed E-state index contributed by atoms with van der Waals surface area (Å²) in [4.78, 5) is 25.2. The maximum absolute atomic E-state index is 12.7. The predicted molar refractivity (Wildman–Crippen MR) is 72.2 cm³/mol. The molecule has 0 unspecified atom stereocenters. The maximum Gasteiger partial charge on any atom is 0.416 e. The maximum atomic E-state index is 12.7. The van der Waals surface area contributed by atoms with E-state index in [1.54, 1.807) is 0 Å². The van der Waals surface area contributed by atoms with Crippen molar-refractivity contribution in [1.29, 1.82) is 0 Å². The molecule has 1 aliphatic rings. The van der Waals surface area contributed by atoms with Crippen LogP contribution in [0.2, 0.25) is 0 Å². The van der Waals surface area contributed by atoms with E-state index in [0.29, 0.717) is 6.54 Å². The number of carbonyl (C=O) groups is 2. The smallest absolute Gasteiger partial charge is 0.304 e. The normalized spacial score (nSPS) is 15.0. The van der Waals surface area contributed by atoms with E-state index in [9.17, 15) is 22.8 Å². The summed E-state index contributed by atoms with van der Waals surface area (Å²) in [6, 6.07) is 2.89. The summed E-state index contributed by atoms with van der Waals surface area (Å²) in [7, 11) is 0. The van der Waals surface area contributed by atoms with Crippen LogP contribution in [0.3, 0.4) is 0 Å². The first-order valence-corrected chi connectivity index (χ1v) is 6.87. The Morgan fingerprint density at radius 1 is 1.14 bits per heavy atom. The van der Waals surface area contributed by atoms with E-state index >= 15 is 0 Å². The summed E-state index contributed by atoms with van der Waals surface area (Å²) < 4.78 is 38.1. The Morgan fingerprint density at radius 2 is 1.76 bits per heavy atom. The summed E-state index contributed by atoms with van der Waals surface area (Å²) in [6.07, 6.45) is -2.85. The molecule has 0 fully saturated rings. The number of Topliss-reactive ketones (excluding diaryl/α,β-unsaturated/α-hetero) is 1. The number of amides is 1. The average Bonchev–Trinajstić information content (AvgIpc) is 2.68. The van der Waals surface area contributed by atoms with Gasteiger partial charge >= 0.3 is 6.18 Å². The van der Waals surface area contributed by atoms with Gasteiger partial charge in [0.1, 0.15) is 0 Å². The summed E-state index contributed by atoms with van der Waals surface area (Å²) in [6.45, 7) is 4.31. The van der Waals surface area contributed by atoms with Gasteiger partial charge in [-0.2, -0.15) is 13.2 Å². The van der Waals surface area contributed by atoms with Crippen LogP contribution in [-0.2, 0) is 11.0 Å². The van der Waals surface area contributed by atoms with Crippen molar-refractivity contribution in [3.8, 4) is 0 Å². The Labute approximate surface area is 120 Å². The van der Waals surface area contributed by atoms with Crippen LogP contribution in [-0.4, -0.2) is 18.2 Å². The van der Waals surface area contributed by atoms with Gasteiger partial charge in [0.05, 0.1) is 16.8 Å². The first kappa shape index (κ1) is 15.5. The van der Waals surface area contributed by atoms with Gasteiger partial charge in [-0.3, -0.25) is 9.59 Å². The molecule has 1 amide bonds. The molecule has 0 saturated heterocycles. The standard InChI is InChI=1S/C15H16F3NO2/c1-3-9(4-2)8-19-12-6-5-10(15(16,17)18)7-11(12)13(20)14(19)21/h5-7,9H,3-4,8H2,1-2H3. The lowest BCUT2D eigenvalue weighted by Gasteiger charge is -2.22. The summed E-state index contributed by atoms with van der Waals surface area (Å²) >= 11 is 0. The number of nitrogens with zero attached hydrogens (tertiary/aromatic N) is 1. The molecular weight excluding hydrogens is 283 g/mol. The second-order valence-electron chi connectivity index (χ2n) is 5.16. The second kappa shape index (κ2) is 5.50. The Morgan fingerprint density at radius 3 is 2.29 bits per heavy atom. The Bertz CT molecular complexity index is 577. The lowest BCUT2D eigenvalue weighted by atomic mass is 10.0. The van der Waals surface area contributed by atoms with Crippen molar-refractivity contribution in [3.05, 3.63) is 29.3 Å². The third-order valence-electron chi connectivity index (χ3n) is 3.89. The fourth-order valence-corrected chi connectivity index (χ4v) is 2.46. The van der Waals surface area contributed by atoms with Crippen LogP contribution in [0.1, 0.15) is 42.6 Å². The lowest BCUT2D eigenvalue weighted by molar-refractivity contribution is -0.137. The SMILES string of the molecule is CCC(CC)CN1C(=O)C(=O)c2cc(C(F)(F)F)ccc21. The quantitative estimate of drug-likeness (QED) is 0.795. The van der Waals surface area contributed by atoms with E-state index in [0.717, 1.165) is 25.0 Å². The van der Waals surface area contributed by atoms with Gasteiger partial charge in [0.2, 0.25) is 0 Å². The van der Waals surface area contributed by atoms with Crippen molar-refractivity contribution in [1.82, 2.24) is 0 Å². The number of anilines is 1. The highest BCUT2D eigenvalue weighted by Gasteiger charge is 2.39. The molecule has 0 atom stereocenters. The zero-order valence-electron chi connectivity index (χ0n) is 11.8. The van der Waals surface area contributed by atoms with Crippen LogP contribution < -0.4 is 4.90 Å². The molecule has 0 saturated carbocycles. The highest BCUT2D eigenvalue weighted by Crippen LogP contribution is 2.36. The molecule has 1 aliphatic heterocycles. The number of rotatable bonds is 4. The van der Waals surface area contributed by atoms with Gasteiger partial charge in [-0.15, -0.1) is 0 Å². The number of hydrogen-bond donors (Lipinski definition) is 0. The fourth-order valence-electron chi connectivity index (χ4n) is 2.46. The molecule has 0 N–H and O–H groups in total. The highest BCUT2D eigenvalue weighted by atomic mass is 19.4. The second-order valence-corrected chi connectivity index (χ2v) is 5.16. The predicted octanol–water partition coefficient (Wildman–Crippen LogP) is 3.67. The molecule has 1 heterocycles. The van der Waals surface area contributed by atoms with E-state index in [1.807, 2.05) is 13.8 Å². The molecule has 0 aliphatic carbocycles. The zero-order chi connectivity index (χ0) is 15.8. The summed E-state index contributed by atoms with van der Waals surface area (Å²) in [5, 5.41) is 0. The Balaban J connectivity index is 2.39. The highest BCUT2D eigenvalue weighted by molar-refractivity contribution is 6.52. The van der Waals surface area contributed by atoms with Crippen molar-refractivity contribution >= 4 is 17.4 Å². The summed E-state index contributed by atoms with van der Waals surface area (Å²) in [5.41, 5.74) is -0.780. The summed E-state index contributed by atoms with van der Waals surface area (Å²) in [5.74, 6) is -1.38. The third kappa shape index (κ3) is 2.80. The molecule has 6 heteroatoms. The minimum absolute atomic E-state index is 0.152. The van der Waals surface area contributed by atoms with Gasteiger partial charge in [-0.05, 0) is 24.1 Å². The number of halogens is 3. The fraction of sp³-hybridized carbons (Fsp3) is 0.467. The van der Waals surface area contributed by atoms with Gasteiger partial charge < -0.3 is 4.90 Å². The lowest BCUT2D eigenvalue weighted by Crippen LogP contribution is -2.34. The molecule has 0 radical (unpaired) electrons. The van der Waals surface area contributed by atoms with Crippen molar-refractivity contribution in [2.45, 2.75) is 32.9 Å². The largest absolute Gasteiger partial charge is 0.416 e. The average molecular weight is 299 g/mol. The van der Waals surface area contributed by atoms with Crippen LogP contribution >= 0.6 is 0 Å². The van der Waals surface area contributed by atoms with Gasteiger partial charge in [0.25, 0.3) is 11.7 Å². The van der Waals surface area contributed by atoms with Crippen molar-refractivity contribution in [3.63, 3.8) is 0 Å². The molecule has 3 nitrogen and oxygen atoms in total. The monoisotopic (exact) mass is 299 g/mol. The van der Waals surface area contributed by atoms with E-state index in [2.05, 4.69) is 0 Å². The van der Waals surface area contributed by atoms with E-state index in [1.165, 1.54) is 11.0 Å². The van der Waals surface area contributed by atoms with Crippen molar-refractivity contribution in [2.24, 2.45) is 5.92 Å². The first-order valence-electron chi connectivity index (χ1n) is 6.87. The van der Waals surface area contributed by atoms with Gasteiger partial charge in [0.15, 0.2) is 0 Å². The molecule has 114 valence electrons. The van der Waals surface area contributed by atoms with E-state index in [4.69, 9.17) is 0 Å². The molecule has 2 rings (SSSR count). The van der Waals surface area contributed by atoms with Crippen LogP contribution in [0.15, 0.2) is 18.2 Å². The number of hydrogen-bond acceptors (Lipinski definition) is 2. The molecule has 1 aromatic rings. The molecule has 0 spiro atoms. The third-order valence-corrected chi connectivity index (χ3v) is 3.89. The van der Waals surface area contributed by atoms with E-state index < -0.39 is 23.4 Å². The zero-order valence-corrected chi connectivity index (χ0v) is 11.8. The topological polar surface area (TPSA) is 37.4 Å². The molecule has 1 aromatic carbocycles. The Hall–Kier alpha value is -1.85. The van der Waals surface area contributed by atoms with Gasteiger partial charge in [-0.25, -0.2) is 0 Å². The number of benzene rings is 1. The molecular formula is C15H16F3NO2. The van der Waals surface area contributed by atoms with E-state index in [-0.39, 0.29) is 17.2 Å². The van der Waals surface area contributed by atoms with Crippen LogP contribution in [0.4, 0.5) is 18.9 Å². The number of ketones is 1. The number of alkyl halides is 3. The van der Waals surface area contributed by atoms with Gasteiger partial charge in [-0.1, -0.05) is 26.7 Å². The van der Waals surface area contributed by atoms with Crippen LogP contribution in [0.25, 0.3) is 0 Å². The van der Waals surface area contributed by atoms with Crippen LogP contribution in [0.5, 0.6) is 0 Å². The van der Waals surface area contributed by atoms with Gasteiger partial charge in [0, 0.05) is 6.54 Å². The molecule has 0 bridgehead atoms. The minimum Gasteiger partial charge on any atom is -0.304 e. The number of fused-ring (bicyclic) bond motifs is 1. The first-order chi connectivity index (χ1) is 9.79. The minimum atomic E-state index is -4.53. The van der Waals surface area contributed by atoms with Crippen molar-refractivity contribution in [2.75, 3.05) is 11.4 Å². The molecule has 21 heavy (non-hydrogen) atoms.